The molecule has 20 heavy (non-hydrogen) atoms. The number of aryl methyl sites for hydroxylation is 1. The Kier molecular flexibility index (Phi) is 4.84. The quantitative estimate of drug-likeness (QED) is 0.605. The Balaban J connectivity index is 2.33. The number of carbonyl (C=O) groups excluding carboxylic acids is 1. The van der Waals surface area contributed by atoms with E-state index in [4.69, 9.17) is 4.74 Å². The van der Waals surface area contributed by atoms with Gasteiger partial charge in [0.25, 0.3) is 0 Å². The molecule has 0 atom stereocenters. The molecule has 0 radical (unpaired) electrons. The first kappa shape index (κ1) is 14.7. The maximum atomic E-state index is 12.6. The lowest BCUT2D eigenvalue weighted by molar-refractivity contribution is 0.102. The number of hydrogen-bond donors (Lipinski definition) is 0. The normalized spacial score (nSPS) is 10.6. The summed E-state index contributed by atoms with van der Waals surface area (Å²) in [5.41, 5.74) is 1.16. The smallest absolute Gasteiger partial charge is 0.214 e. The summed E-state index contributed by atoms with van der Waals surface area (Å²) >= 11 is 1.75. The van der Waals surface area contributed by atoms with Crippen molar-refractivity contribution in [3.8, 4) is 5.75 Å². The standard InChI is InChI=1S/C15H18N2O2S/c1-4-17-14(13(19-3)10-16-17)15(18)11-6-8-12(9-7-11)20-5-2/h6-10H,4-5H2,1-3H3. The lowest BCUT2D eigenvalue weighted by Crippen LogP contribution is -2.11. The molecule has 0 saturated carbocycles. The maximum Gasteiger partial charge on any atom is 0.214 e. The van der Waals surface area contributed by atoms with Crippen molar-refractivity contribution >= 4 is 17.5 Å². The molecule has 1 aromatic carbocycles. The van der Waals surface area contributed by atoms with Crippen molar-refractivity contribution in [2.24, 2.45) is 0 Å². The number of hydrogen-bond acceptors (Lipinski definition) is 4. The average Bonchev–Trinajstić information content (AvgIpc) is 2.90. The van der Waals surface area contributed by atoms with Crippen LogP contribution >= 0.6 is 11.8 Å². The average molecular weight is 290 g/mol. The van der Waals surface area contributed by atoms with Crippen molar-refractivity contribution in [1.82, 2.24) is 9.78 Å². The number of methoxy groups -OCH3 is 1. The fraction of sp³-hybridized carbons (Fsp3) is 0.333. The monoisotopic (exact) mass is 290 g/mol. The Morgan fingerprint density at radius 2 is 2.00 bits per heavy atom. The Bertz CT molecular complexity index is 569. The summed E-state index contributed by atoms with van der Waals surface area (Å²) in [6, 6.07) is 7.65. The van der Waals surface area contributed by atoms with Crippen molar-refractivity contribution in [3.05, 3.63) is 41.7 Å². The third-order valence-electron chi connectivity index (χ3n) is 2.97. The highest BCUT2D eigenvalue weighted by Crippen LogP contribution is 2.23. The third-order valence-corrected chi connectivity index (χ3v) is 3.86. The molecule has 0 bridgehead atoms. The lowest BCUT2D eigenvalue weighted by atomic mass is 10.1. The van der Waals surface area contributed by atoms with Crippen LogP contribution in [0.3, 0.4) is 0 Å². The second-order valence-electron chi connectivity index (χ2n) is 4.16. The number of carbonyl (C=O) groups is 1. The van der Waals surface area contributed by atoms with Gasteiger partial charge in [0.2, 0.25) is 5.78 Å². The number of ketones is 1. The molecule has 2 rings (SSSR count). The van der Waals surface area contributed by atoms with E-state index in [9.17, 15) is 4.79 Å². The Labute approximate surface area is 123 Å². The zero-order valence-electron chi connectivity index (χ0n) is 11.9. The topological polar surface area (TPSA) is 44.1 Å². The van der Waals surface area contributed by atoms with Gasteiger partial charge in [-0.2, -0.15) is 5.10 Å². The first-order valence-electron chi connectivity index (χ1n) is 6.58. The van der Waals surface area contributed by atoms with E-state index in [2.05, 4.69) is 12.0 Å². The molecular formula is C15H18N2O2S. The van der Waals surface area contributed by atoms with Gasteiger partial charge in [0.15, 0.2) is 11.4 Å². The Morgan fingerprint density at radius 3 is 2.55 bits per heavy atom. The van der Waals surface area contributed by atoms with Gasteiger partial charge in [0.05, 0.1) is 13.3 Å². The van der Waals surface area contributed by atoms with E-state index in [0.717, 1.165) is 5.75 Å². The van der Waals surface area contributed by atoms with Crippen LogP contribution in [-0.2, 0) is 6.54 Å². The molecule has 0 saturated heterocycles. The van der Waals surface area contributed by atoms with Gasteiger partial charge in [0, 0.05) is 17.0 Å². The van der Waals surface area contributed by atoms with Crippen LogP contribution < -0.4 is 4.74 Å². The molecule has 5 heteroatoms. The van der Waals surface area contributed by atoms with Crippen LogP contribution in [0, 0.1) is 0 Å². The molecular weight excluding hydrogens is 272 g/mol. The largest absolute Gasteiger partial charge is 0.493 e. The van der Waals surface area contributed by atoms with Crippen molar-refractivity contribution in [3.63, 3.8) is 0 Å². The van der Waals surface area contributed by atoms with Gasteiger partial charge in [-0.3, -0.25) is 9.48 Å². The number of ether oxygens (including phenoxy) is 1. The summed E-state index contributed by atoms with van der Waals surface area (Å²) in [6.45, 7) is 4.69. The van der Waals surface area contributed by atoms with Crippen molar-refractivity contribution in [2.45, 2.75) is 25.3 Å². The predicted octanol–water partition coefficient (Wildman–Crippen LogP) is 3.25. The second-order valence-corrected chi connectivity index (χ2v) is 5.50. The molecule has 1 aromatic heterocycles. The molecule has 4 nitrogen and oxygen atoms in total. The van der Waals surface area contributed by atoms with Gasteiger partial charge in [-0.25, -0.2) is 0 Å². The molecule has 2 aromatic rings. The van der Waals surface area contributed by atoms with Gasteiger partial charge in [0.1, 0.15) is 0 Å². The highest BCUT2D eigenvalue weighted by atomic mass is 32.2. The minimum Gasteiger partial charge on any atom is -0.493 e. The van der Waals surface area contributed by atoms with Crippen molar-refractivity contribution in [2.75, 3.05) is 12.9 Å². The predicted molar refractivity (Wildman–Crippen MR) is 80.7 cm³/mol. The minimum atomic E-state index is -0.0609. The van der Waals surface area contributed by atoms with E-state index in [0.29, 0.717) is 23.6 Å². The number of aromatic nitrogens is 2. The summed E-state index contributed by atoms with van der Waals surface area (Å²) in [5.74, 6) is 1.47. The molecule has 0 spiro atoms. The summed E-state index contributed by atoms with van der Waals surface area (Å²) in [6.07, 6.45) is 1.58. The molecule has 106 valence electrons. The van der Waals surface area contributed by atoms with Crippen LogP contribution in [0.4, 0.5) is 0 Å². The third kappa shape index (κ3) is 2.88. The van der Waals surface area contributed by atoms with E-state index in [1.165, 1.54) is 4.90 Å². The van der Waals surface area contributed by atoms with Crippen LogP contribution in [0.1, 0.15) is 29.9 Å². The lowest BCUT2D eigenvalue weighted by Gasteiger charge is -2.07. The molecule has 0 unspecified atom stereocenters. The first-order valence-corrected chi connectivity index (χ1v) is 7.57. The van der Waals surface area contributed by atoms with Gasteiger partial charge < -0.3 is 4.74 Å². The fourth-order valence-corrected chi connectivity index (χ4v) is 2.65. The summed E-state index contributed by atoms with van der Waals surface area (Å²) in [7, 11) is 1.55. The second kappa shape index (κ2) is 6.61. The number of thioether (sulfide) groups is 1. The van der Waals surface area contributed by atoms with Gasteiger partial charge in [-0.1, -0.05) is 6.92 Å². The van der Waals surface area contributed by atoms with Gasteiger partial charge >= 0.3 is 0 Å². The maximum absolute atomic E-state index is 12.6. The number of rotatable bonds is 6. The van der Waals surface area contributed by atoms with Crippen molar-refractivity contribution in [1.29, 1.82) is 0 Å². The van der Waals surface area contributed by atoms with Crippen LogP contribution in [0.25, 0.3) is 0 Å². The molecule has 0 aliphatic carbocycles. The van der Waals surface area contributed by atoms with Crippen LogP contribution in [0.15, 0.2) is 35.4 Å². The molecule has 0 aliphatic heterocycles. The Morgan fingerprint density at radius 1 is 1.30 bits per heavy atom. The summed E-state index contributed by atoms with van der Waals surface area (Å²) in [5, 5.41) is 4.17. The van der Waals surface area contributed by atoms with Gasteiger partial charge in [-0.15, -0.1) is 11.8 Å². The van der Waals surface area contributed by atoms with Crippen LogP contribution in [-0.4, -0.2) is 28.4 Å². The van der Waals surface area contributed by atoms with E-state index in [1.807, 2.05) is 31.2 Å². The van der Waals surface area contributed by atoms with Gasteiger partial charge in [-0.05, 0) is 36.9 Å². The number of nitrogens with zero attached hydrogens (tertiary/aromatic N) is 2. The minimum absolute atomic E-state index is 0.0609. The fourth-order valence-electron chi connectivity index (χ4n) is 1.99. The van der Waals surface area contributed by atoms with E-state index < -0.39 is 0 Å². The molecule has 0 N–H and O–H groups in total. The number of benzene rings is 1. The van der Waals surface area contributed by atoms with E-state index in [-0.39, 0.29) is 5.78 Å². The SMILES string of the molecule is CCSc1ccc(C(=O)c2c(OC)cnn2CC)cc1. The highest BCUT2D eigenvalue weighted by Gasteiger charge is 2.20. The zero-order valence-corrected chi connectivity index (χ0v) is 12.7. The molecule has 1 heterocycles. The van der Waals surface area contributed by atoms with Crippen LogP contribution in [0.2, 0.25) is 0 Å². The summed E-state index contributed by atoms with van der Waals surface area (Å²) < 4.78 is 6.89. The Hall–Kier alpha value is -1.75. The first-order chi connectivity index (χ1) is 9.71. The van der Waals surface area contributed by atoms with Crippen molar-refractivity contribution < 1.29 is 9.53 Å². The van der Waals surface area contributed by atoms with E-state index in [1.54, 1.807) is 29.8 Å². The van der Waals surface area contributed by atoms with E-state index >= 15 is 0 Å². The molecule has 0 fully saturated rings. The summed E-state index contributed by atoms with van der Waals surface area (Å²) in [4.78, 5) is 13.8. The van der Waals surface area contributed by atoms with Crippen LogP contribution in [0.5, 0.6) is 5.75 Å². The zero-order chi connectivity index (χ0) is 14.5. The highest BCUT2D eigenvalue weighted by molar-refractivity contribution is 7.99. The molecule has 0 aliphatic rings. The molecule has 0 amide bonds.